The number of carbonyl (C=O) groups is 1. The number of benzene rings is 2. The van der Waals surface area contributed by atoms with Crippen LogP contribution in [-0.4, -0.2) is 30.6 Å². The van der Waals surface area contributed by atoms with Crippen molar-refractivity contribution in [1.29, 1.82) is 0 Å². The lowest BCUT2D eigenvalue weighted by molar-refractivity contribution is -0.137. The first-order valence-corrected chi connectivity index (χ1v) is 14.4. The zero-order chi connectivity index (χ0) is 28.3. The van der Waals surface area contributed by atoms with Gasteiger partial charge in [0.15, 0.2) is 0 Å². The molecule has 0 aromatic heterocycles. The predicted octanol–water partition coefficient (Wildman–Crippen LogP) is 6.96. The van der Waals surface area contributed by atoms with Gasteiger partial charge in [-0.3, -0.25) is 9.35 Å². The van der Waals surface area contributed by atoms with Crippen molar-refractivity contribution in [3.8, 4) is 0 Å². The molecule has 0 saturated carbocycles. The number of rotatable bonds is 11. The highest BCUT2D eigenvalue weighted by Crippen LogP contribution is 2.48. The minimum Gasteiger partial charge on any atom is -0.481 e. The van der Waals surface area contributed by atoms with Crippen LogP contribution < -0.4 is 4.90 Å². The molecule has 2 aromatic carbocycles. The summed E-state index contributed by atoms with van der Waals surface area (Å²) in [5.74, 6) is -0.796. The fraction of sp³-hybridized carbons (Fsp3) is 0.387. The van der Waals surface area contributed by atoms with Crippen molar-refractivity contribution >= 4 is 21.8 Å². The zero-order valence-electron chi connectivity index (χ0n) is 23.0. The molecular formula is C31H39NO5S. The Bertz CT molecular complexity index is 1380. The smallest absolute Gasteiger partial charge is 0.303 e. The van der Waals surface area contributed by atoms with Crippen LogP contribution >= 0.6 is 0 Å². The molecule has 0 saturated heterocycles. The van der Waals surface area contributed by atoms with E-state index < -0.39 is 21.5 Å². The van der Waals surface area contributed by atoms with Crippen LogP contribution in [0.2, 0.25) is 0 Å². The van der Waals surface area contributed by atoms with Crippen molar-refractivity contribution in [2.75, 3.05) is 11.4 Å². The van der Waals surface area contributed by atoms with Crippen LogP contribution in [0, 0.1) is 6.92 Å². The minimum absolute atomic E-state index is 0.129. The number of carboxylic acids is 1. The van der Waals surface area contributed by atoms with Crippen molar-refractivity contribution < 1.29 is 22.9 Å². The third-order valence-electron chi connectivity index (χ3n) is 7.61. The normalized spacial score (nSPS) is 16.3. The Balaban J connectivity index is 1.94. The molecule has 0 unspecified atom stereocenters. The number of carboxylic acid groups (broad SMARTS) is 1. The fourth-order valence-electron chi connectivity index (χ4n) is 5.19. The van der Waals surface area contributed by atoms with Gasteiger partial charge in [0.1, 0.15) is 0 Å². The maximum absolute atomic E-state index is 11.8. The van der Waals surface area contributed by atoms with E-state index in [0.717, 1.165) is 35.4 Å². The monoisotopic (exact) mass is 537 g/mol. The number of hydrogen-bond donors (Lipinski definition) is 2. The third kappa shape index (κ3) is 6.27. The van der Waals surface area contributed by atoms with Crippen LogP contribution in [0.25, 0.3) is 0 Å². The molecule has 2 N–H and O–H groups in total. The number of aliphatic carboxylic acids is 1. The van der Waals surface area contributed by atoms with Crippen molar-refractivity contribution in [2.24, 2.45) is 0 Å². The third-order valence-corrected chi connectivity index (χ3v) is 8.46. The van der Waals surface area contributed by atoms with Crippen LogP contribution in [-0.2, 0) is 25.7 Å². The lowest BCUT2D eigenvalue weighted by Crippen LogP contribution is -2.27. The molecule has 1 aliphatic heterocycles. The van der Waals surface area contributed by atoms with E-state index in [1.807, 2.05) is 44.2 Å². The molecule has 1 aliphatic rings. The Morgan fingerprint density at radius 1 is 1.11 bits per heavy atom. The van der Waals surface area contributed by atoms with Gasteiger partial charge in [-0.1, -0.05) is 77.1 Å². The lowest BCUT2D eigenvalue weighted by Gasteiger charge is -2.28. The molecule has 3 rings (SSSR count). The van der Waals surface area contributed by atoms with Gasteiger partial charge in [-0.2, -0.15) is 8.42 Å². The van der Waals surface area contributed by atoms with Crippen molar-refractivity contribution in [3.05, 3.63) is 95.2 Å². The van der Waals surface area contributed by atoms with Crippen molar-refractivity contribution in [2.45, 2.75) is 76.0 Å². The number of anilines is 1. The van der Waals surface area contributed by atoms with Gasteiger partial charge in [0.25, 0.3) is 10.1 Å². The van der Waals surface area contributed by atoms with Crippen LogP contribution in [0.15, 0.2) is 83.4 Å². The maximum Gasteiger partial charge on any atom is 0.303 e. The Morgan fingerprint density at radius 2 is 1.79 bits per heavy atom. The van der Waals surface area contributed by atoms with Gasteiger partial charge < -0.3 is 10.0 Å². The second-order valence-electron chi connectivity index (χ2n) is 11.0. The maximum atomic E-state index is 11.8. The first-order chi connectivity index (χ1) is 17.7. The Kier molecular flexibility index (Phi) is 8.74. The van der Waals surface area contributed by atoms with Crippen molar-refractivity contribution in [3.63, 3.8) is 0 Å². The first-order valence-electron chi connectivity index (χ1n) is 12.9. The highest BCUT2D eigenvalue weighted by Gasteiger charge is 2.40. The SMILES string of the molecule is C=C(/C=C/C=C1/N(CCCCCC(=O)O)c2ccc(S(=O)(=O)O)cc2C1(C)C)C(C)(C)c1ccccc1C. The summed E-state index contributed by atoms with van der Waals surface area (Å²) in [7, 11) is -4.34. The molecule has 0 atom stereocenters. The van der Waals surface area contributed by atoms with Gasteiger partial charge in [-0.15, -0.1) is 0 Å². The second kappa shape index (κ2) is 11.3. The zero-order valence-corrected chi connectivity index (χ0v) is 23.8. The molecule has 0 fully saturated rings. The lowest BCUT2D eigenvalue weighted by atomic mass is 9.76. The van der Waals surface area contributed by atoms with E-state index in [2.05, 4.69) is 44.4 Å². The molecule has 38 heavy (non-hydrogen) atoms. The summed E-state index contributed by atoms with van der Waals surface area (Å²) in [6.07, 6.45) is 8.37. The molecule has 2 aromatic rings. The summed E-state index contributed by atoms with van der Waals surface area (Å²) < 4.78 is 33.3. The number of unbranched alkanes of at least 4 members (excludes halogenated alkanes) is 2. The number of nitrogens with zero attached hydrogens (tertiary/aromatic N) is 1. The van der Waals surface area contributed by atoms with E-state index in [-0.39, 0.29) is 16.7 Å². The number of fused-ring (bicyclic) bond motifs is 1. The van der Waals surface area contributed by atoms with Crippen molar-refractivity contribution in [1.82, 2.24) is 0 Å². The molecule has 7 heteroatoms. The fourth-order valence-corrected chi connectivity index (χ4v) is 5.70. The van der Waals surface area contributed by atoms with Crippen LogP contribution in [0.4, 0.5) is 5.69 Å². The summed E-state index contributed by atoms with van der Waals surface area (Å²) in [6.45, 7) is 15.5. The van der Waals surface area contributed by atoms with Gasteiger partial charge in [-0.05, 0) is 66.3 Å². The molecule has 0 spiro atoms. The summed E-state index contributed by atoms with van der Waals surface area (Å²) in [5.41, 5.74) is 5.31. The molecule has 0 amide bonds. The van der Waals surface area contributed by atoms with E-state index in [1.165, 1.54) is 17.2 Å². The Labute approximate surface area is 227 Å². The molecule has 204 valence electrons. The molecular weight excluding hydrogens is 498 g/mol. The van der Waals surface area contributed by atoms with E-state index >= 15 is 0 Å². The number of allylic oxidation sites excluding steroid dienone is 5. The molecule has 6 nitrogen and oxygen atoms in total. The van der Waals surface area contributed by atoms with Gasteiger partial charge in [0.05, 0.1) is 4.90 Å². The quantitative estimate of drug-likeness (QED) is 0.183. The van der Waals surface area contributed by atoms with Crippen LogP contribution in [0.1, 0.15) is 70.1 Å². The van der Waals surface area contributed by atoms with Gasteiger partial charge in [0, 0.05) is 35.2 Å². The standard InChI is InChI=1S/C31H39NO5S/c1-22-13-9-10-15-25(22)30(3,4)23(2)14-12-16-28-31(5,6)26-21-24(38(35,36)37)18-19-27(26)32(28)20-11-7-8-17-29(33)34/h9-10,12-16,18-19,21H,2,7-8,11,17,20H2,1,3-6H3,(H,33,34)(H,35,36,37)/b14-12+,28-16+. The van der Waals surface area contributed by atoms with Gasteiger partial charge in [-0.25, -0.2) is 0 Å². The largest absolute Gasteiger partial charge is 0.481 e. The molecule has 0 radical (unpaired) electrons. The van der Waals surface area contributed by atoms with Gasteiger partial charge in [0.2, 0.25) is 0 Å². The summed E-state index contributed by atoms with van der Waals surface area (Å²) >= 11 is 0. The Hall–Kier alpha value is -3.16. The first kappa shape index (κ1) is 29.4. The average molecular weight is 538 g/mol. The topological polar surface area (TPSA) is 94.9 Å². The van der Waals surface area contributed by atoms with Crippen LogP contribution in [0.3, 0.4) is 0 Å². The predicted molar refractivity (Wildman–Crippen MR) is 153 cm³/mol. The summed E-state index contributed by atoms with van der Waals surface area (Å²) in [4.78, 5) is 12.9. The summed E-state index contributed by atoms with van der Waals surface area (Å²) in [5, 5.41) is 8.94. The van der Waals surface area contributed by atoms with Crippen LogP contribution in [0.5, 0.6) is 0 Å². The number of aryl methyl sites for hydroxylation is 1. The van der Waals surface area contributed by atoms with E-state index in [9.17, 15) is 17.8 Å². The minimum atomic E-state index is -4.34. The van der Waals surface area contributed by atoms with E-state index in [0.29, 0.717) is 13.0 Å². The highest BCUT2D eigenvalue weighted by atomic mass is 32.2. The summed E-state index contributed by atoms with van der Waals surface area (Å²) in [6, 6.07) is 13.0. The number of hydrogen-bond acceptors (Lipinski definition) is 4. The molecule has 0 bridgehead atoms. The average Bonchev–Trinajstić information content (AvgIpc) is 3.04. The van der Waals surface area contributed by atoms with Gasteiger partial charge >= 0.3 is 5.97 Å². The van der Waals surface area contributed by atoms with E-state index in [1.54, 1.807) is 12.1 Å². The Morgan fingerprint density at radius 3 is 2.42 bits per heavy atom. The molecule has 0 aliphatic carbocycles. The highest BCUT2D eigenvalue weighted by molar-refractivity contribution is 7.85. The second-order valence-corrected chi connectivity index (χ2v) is 12.4. The van der Waals surface area contributed by atoms with E-state index in [4.69, 9.17) is 5.11 Å². The molecule has 1 heterocycles.